The van der Waals surface area contributed by atoms with Crippen molar-refractivity contribution in [3.8, 4) is 0 Å². The van der Waals surface area contributed by atoms with Gasteiger partial charge >= 0.3 is 0 Å². The summed E-state index contributed by atoms with van der Waals surface area (Å²) in [6.07, 6.45) is 1.15. The van der Waals surface area contributed by atoms with Crippen molar-refractivity contribution in [1.29, 1.82) is 0 Å². The second kappa shape index (κ2) is 7.12. The first-order valence-electron chi connectivity index (χ1n) is 5.33. The van der Waals surface area contributed by atoms with Crippen molar-refractivity contribution in [3.05, 3.63) is 24.1 Å². The van der Waals surface area contributed by atoms with E-state index in [1.807, 2.05) is 4.72 Å². The summed E-state index contributed by atoms with van der Waals surface area (Å²) in [5.74, 6) is -1.52. The van der Waals surface area contributed by atoms with Gasteiger partial charge in [0.25, 0.3) is 10.0 Å². The van der Waals surface area contributed by atoms with Gasteiger partial charge in [-0.1, -0.05) is 0 Å². The van der Waals surface area contributed by atoms with Crippen molar-refractivity contribution in [2.75, 3.05) is 26.8 Å². The minimum absolute atomic E-state index is 0.259. The molecule has 0 aliphatic heterocycles. The van der Waals surface area contributed by atoms with Crippen LogP contribution in [0.4, 0.5) is 4.39 Å². The van der Waals surface area contributed by atoms with E-state index in [0.717, 1.165) is 12.3 Å². The van der Waals surface area contributed by atoms with E-state index in [1.165, 1.54) is 13.2 Å². The molecule has 0 atom stereocenters. The maximum absolute atomic E-state index is 13.3. The van der Waals surface area contributed by atoms with Crippen LogP contribution in [0, 0.1) is 5.82 Å². The van der Waals surface area contributed by atoms with E-state index in [2.05, 4.69) is 10.3 Å². The van der Waals surface area contributed by atoms with Gasteiger partial charge in [0.1, 0.15) is 0 Å². The lowest BCUT2D eigenvalue weighted by atomic mass is 10.5. The fraction of sp³-hybridized carbons (Fsp3) is 0.400. The van der Waals surface area contributed by atoms with Gasteiger partial charge in [0.2, 0.25) is 10.9 Å². The number of pyridine rings is 1. The molecular formula is C10H14FN3O4S. The molecule has 0 aliphatic carbocycles. The Morgan fingerprint density at radius 2 is 2.26 bits per heavy atom. The molecule has 0 aromatic carbocycles. The van der Waals surface area contributed by atoms with Crippen molar-refractivity contribution in [2.24, 2.45) is 0 Å². The Bertz CT molecular complexity index is 535. The molecule has 1 amide bonds. The molecule has 0 spiro atoms. The molecule has 0 aliphatic rings. The first-order valence-corrected chi connectivity index (χ1v) is 6.81. The number of amides is 1. The number of carbonyl (C=O) groups excluding carboxylic acids is 1. The number of carbonyl (C=O) groups is 1. The molecule has 0 saturated carbocycles. The predicted molar refractivity (Wildman–Crippen MR) is 64.3 cm³/mol. The molecule has 9 heteroatoms. The Hall–Kier alpha value is -1.58. The van der Waals surface area contributed by atoms with Gasteiger partial charge in [0.05, 0.1) is 13.2 Å². The number of hydrogen-bond acceptors (Lipinski definition) is 5. The van der Waals surface area contributed by atoms with Crippen molar-refractivity contribution >= 4 is 15.9 Å². The summed E-state index contributed by atoms with van der Waals surface area (Å²) in [4.78, 5) is 14.7. The summed E-state index contributed by atoms with van der Waals surface area (Å²) in [5, 5.41) is 1.68. The van der Waals surface area contributed by atoms with Crippen LogP contribution in [0.2, 0.25) is 0 Å². The van der Waals surface area contributed by atoms with E-state index >= 15 is 0 Å². The number of nitrogens with zero attached hydrogens (tertiary/aromatic N) is 1. The van der Waals surface area contributed by atoms with Crippen LogP contribution in [0.15, 0.2) is 23.4 Å². The van der Waals surface area contributed by atoms with Crippen LogP contribution >= 0.6 is 0 Å². The summed E-state index contributed by atoms with van der Waals surface area (Å²) < 4.78 is 43.3. The molecular weight excluding hydrogens is 277 g/mol. The van der Waals surface area contributed by atoms with Crippen molar-refractivity contribution < 1.29 is 22.3 Å². The lowest BCUT2D eigenvalue weighted by Gasteiger charge is -2.07. The lowest BCUT2D eigenvalue weighted by molar-refractivity contribution is -0.120. The monoisotopic (exact) mass is 291 g/mol. The standard InChI is InChI=1S/C10H14FN3O4S/c1-18-6-5-12-9(15)7-14-19(16,17)10-8(11)3-2-4-13-10/h2-4,14H,5-7H2,1H3,(H,12,15). The second-order valence-electron chi connectivity index (χ2n) is 3.46. The summed E-state index contributed by atoms with van der Waals surface area (Å²) >= 11 is 0. The highest BCUT2D eigenvalue weighted by Gasteiger charge is 2.20. The molecule has 0 unspecified atom stereocenters. The third kappa shape index (κ3) is 4.89. The number of rotatable bonds is 7. The highest BCUT2D eigenvalue weighted by atomic mass is 32.2. The Morgan fingerprint density at radius 1 is 1.53 bits per heavy atom. The molecule has 1 aromatic heterocycles. The van der Waals surface area contributed by atoms with Gasteiger partial charge in [-0.15, -0.1) is 0 Å². The number of sulfonamides is 1. The van der Waals surface area contributed by atoms with E-state index in [0.29, 0.717) is 6.61 Å². The zero-order valence-corrected chi connectivity index (χ0v) is 11.0. The summed E-state index contributed by atoms with van der Waals surface area (Å²) in [6, 6.07) is 2.24. The first-order chi connectivity index (χ1) is 8.97. The van der Waals surface area contributed by atoms with Crippen LogP contribution < -0.4 is 10.0 Å². The second-order valence-corrected chi connectivity index (χ2v) is 5.14. The minimum Gasteiger partial charge on any atom is -0.383 e. The van der Waals surface area contributed by atoms with Gasteiger partial charge in [0, 0.05) is 19.9 Å². The maximum atomic E-state index is 13.3. The van der Waals surface area contributed by atoms with Crippen molar-refractivity contribution in [3.63, 3.8) is 0 Å². The van der Waals surface area contributed by atoms with Gasteiger partial charge in [-0.25, -0.2) is 22.5 Å². The lowest BCUT2D eigenvalue weighted by Crippen LogP contribution is -2.38. The van der Waals surface area contributed by atoms with Gasteiger partial charge in [-0.05, 0) is 12.1 Å². The quantitative estimate of drug-likeness (QED) is 0.645. The molecule has 7 nitrogen and oxygen atoms in total. The number of methoxy groups -OCH3 is 1. The summed E-state index contributed by atoms with van der Waals surface area (Å²) in [6.45, 7) is 0.0738. The summed E-state index contributed by atoms with van der Waals surface area (Å²) in [7, 11) is -2.67. The fourth-order valence-electron chi connectivity index (χ4n) is 1.15. The Morgan fingerprint density at radius 3 is 2.89 bits per heavy atom. The molecule has 1 aromatic rings. The van der Waals surface area contributed by atoms with Crippen LogP contribution in [-0.4, -0.2) is 46.1 Å². The van der Waals surface area contributed by atoms with Gasteiger partial charge in [-0.2, -0.15) is 0 Å². The third-order valence-corrected chi connectivity index (χ3v) is 3.36. The van der Waals surface area contributed by atoms with E-state index in [1.54, 1.807) is 0 Å². The number of nitrogens with one attached hydrogen (secondary N) is 2. The number of hydrogen-bond donors (Lipinski definition) is 2. The predicted octanol–water partition coefficient (Wildman–Crippen LogP) is -0.738. The molecule has 0 fully saturated rings. The van der Waals surface area contributed by atoms with E-state index in [4.69, 9.17) is 4.74 Å². The molecule has 0 saturated heterocycles. The SMILES string of the molecule is COCCNC(=O)CNS(=O)(=O)c1ncccc1F. The Kier molecular flexibility index (Phi) is 5.80. The normalized spacial score (nSPS) is 11.3. The van der Waals surface area contributed by atoms with E-state index in [-0.39, 0.29) is 6.54 Å². The zero-order chi connectivity index (χ0) is 14.3. The van der Waals surface area contributed by atoms with Crippen molar-refractivity contribution in [2.45, 2.75) is 5.03 Å². The molecule has 106 valence electrons. The number of halogens is 1. The van der Waals surface area contributed by atoms with E-state index < -0.39 is 33.3 Å². The van der Waals surface area contributed by atoms with Gasteiger partial charge < -0.3 is 10.1 Å². The molecule has 0 bridgehead atoms. The number of ether oxygens (including phenoxy) is 1. The van der Waals surface area contributed by atoms with Crippen molar-refractivity contribution in [1.82, 2.24) is 15.0 Å². The molecule has 2 N–H and O–H groups in total. The zero-order valence-electron chi connectivity index (χ0n) is 10.2. The van der Waals surface area contributed by atoms with Crippen LogP contribution in [-0.2, 0) is 19.6 Å². The highest BCUT2D eigenvalue weighted by molar-refractivity contribution is 7.89. The minimum atomic E-state index is -4.14. The van der Waals surface area contributed by atoms with Crippen LogP contribution in [0.5, 0.6) is 0 Å². The van der Waals surface area contributed by atoms with Gasteiger partial charge in [-0.3, -0.25) is 4.79 Å². The Labute approximate surface area is 110 Å². The average Bonchev–Trinajstić information content (AvgIpc) is 2.37. The molecule has 1 heterocycles. The highest BCUT2D eigenvalue weighted by Crippen LogP contribution is 2.08. The largest absolute Gasteiger partial charge is 0.383 e. The molecule has 19 heavy (non-hydrogen) atoms. The van der Waals surface area contributed by atoms with E-state index in [9.17, 15) is 17.6 Å². The van der Waals surface area contributed by atoms with Crippen LogP contribution in [0.25, 0.3) is 0 Å². The number of aromatic nitrogens is 1. The van der Waals surface area contributed by atoms with Crippen LogP contribution in [0.1, 0.15) is 0 Å². The first kappa shape index (κ1) is 15.5. The Balaban J connectivity index is 2.57. The molecule has 0 radical (unpaired) electrons. The topological polar surface area (TPSA) is 97.4 Å². The average molecular weight is 291 g/mol. The maximum Gasteiger partial charge on any atom is 0.261 e. The smallest absolute Gasteiger partial charge is 0.261 e. The van der Waals surface area contributed by atoms with Crippen LogP contribution in [0.3, 0.4) is 0 Å². The molecule has 1 rings (SSSR count). The summed E-state index contributed by atoms with van der Waals surface area (Å²) in [5.41, 5.74) is 0. The fourth-order valence-corrected chi connectivity index (χ4v) is 2.14. The third-order valence-electron chi connectivity index (χ3n) is 2.03. The van der Waals surface area contributed by atoms with Gasteiger partial charge in [0.15, 0.2) is 5.82 Å².